The molecule has 1 amide bonds. The van der Waals surface area contributed by atoms with E-state index in [1.54, 1.807) is 0 Å². The maximum atomic E-state index is 12.2. The van der Waals surface area contributed by atoms with Crippen molar-refractivity contribution >= 4 is 5.91 Å². The molecule has 5 nitrogen and oxygen atoms in total. The van der Waals surface area contributed by atoms with Crippen LogP contribution >= 0.6 is 0 Å². The number of piperazine rings is 1. The van der Waals surface area contributed by atoms with E-state index in [1.807, 2.05) is 11.8 Å². The van der Waals surface area contributed by atoms with Crippen molar-refractivity contribution in [3.8, 4) is 0 Å². The largest absolute Gasteiger partial charge is 0.377 e. The second-order valence-electron chi connectivity index (χ2n) is 5.74. The first-order valence-electron chi connectivity index (χ1n) is 7.53. The summed E-state index contributed by atoms with van der Waals surface area (Å²) in [6, 6.07) is 0. The van der Waals surface area contributed by atoms with Crippen LogP contribution in [0, 0.1) is 5.92 Å². The molecule has 0 bridgehead atoms. The molecule has 2 fully saturated rings. The van der Waals surface area contributed by atoms with Crippen molar-refractivity contribution in [2.75, 3.05) is 45.9 Å². The molecule has 19 heavy (non-hydrogen) atoms. The lowest BCUT2D eigenvalue weighted by Crippen LogP contribution is -2.51. The number of ether oxygens (including phenoxy) is 1. The number of nitrogens with zero attached hydrogens (tertiary/aromatic N) is 2. The average Bonchev–Trinajstić information content (AvgIpc) is 2.92. The molecule has 2 rings (SSSR count). The Morgan fingerprint density at radius 2 is 2.11 bits per heavy atom. The van der Waals surface area contributed by atoms with Crippen LogP contribution in [0.4, 0.5) is 0 Å². The Bertz CT molecular complexity index is 284. The minimum absolute atomic E-state index is 0.0646. The Hall–Kier alpha value is -0.650. The minimum Gasteiger partial charge on any atom is -0.377 e. The zero-order valence-corrected chi connectivity index (χ0v) is 12.0. The summed E-state index contributed by atoms with van der Waals surface area (Å²) in [5, 5.41) is 0. The van der Waals surface area contributed by atoms with Crippen molar-refractivity contribution in [1.82, 2.24) is 9.80 Å². The van der Waals surface area contributed by atoms with E-state index in [4.69, 9.17) is 10.5 Å². The monoisotopic (exact) mass is 269 g/mol. The molecule has 2 aliphatic rings. The lowest BCUT2D eigenvalue weighted by Gasteiger charge is -2.36. The van der Waals surface area contributed by atoms with Gasteiger partial charge in [-0.1, -0.05) is 6.92 Å². The standard InChI is InChI=1S/C14H27N3O2/c1-12(4-5-15)14(18)17-8-6-16(7-9-17)11-13-3-2-10-19-13/h12-13H,2-11,15H2,1H3. The molecular weight excluding hydrogens is 242 g/mol. The SMILES string of the molecule is CC(CCN)C(=O)N1CCN(CC2CCCO2)CC1. The topological polar surface area (TPSA) is 58.8 Å². The van der Waals surface area contributed by atoms with Gasteiger partial charge in [0.15, 0.2) is 0 Å². The van der Waals surface area contributed by atoms with Gasteiger partial charge in [0.1, 0.15) is 0 Å². The summed E-state index contributed by atoms with van der Waals surface area (Å²) in [6.45, 7) is 8.16. The zero-order chi connectivity index (χ0) is 13.7. The summed E-state index contributed by atoms with van der Waals surface area (Å²) < 4.78 is 5.66. The summed E-state index contributed by atoms with van der Waals surface area (Å²) in [4.78, 5) is 16.6. The Morgan fingerprint density at radius 1 is 1.37 bits per heavy atom. The Labute approximate surface area is 116 Å². The predicted octanol–water partition coefficient (Wildman–Crippen LogP) is 0.295. The summed E-state index contributed by atoms with van der Waals surface area (Å²) in [5.41, 5.74) is 5.52. The van der Waals surface area contributed by atoms with E-state index < -0.39 is 0 Å². The summed E-state index contributed by atoms with van der Waals surface area (Å²) in [7, 11) is 0. The maximum Gasteiger partial charge on any atom is 0.225 e. The van der Waals surface area contributed by atoms with Crippen LogP contribution in [0.3, 0.4) is 0 Å². The van der Waals surface area contributed by atoms with Gasteiger partial charge in [-0.05, 0) is 25.8 Å². The van der Waals surface area contributed by atoms with Crippen molar-refractivity contribution < 1.29 is 9.53 Å². The number of nitrogens with two attached hydrogens (primary N) is 1. The molecule has 0 saturated carbocycles. The molecule has 0 aliphatic carbocycles. The number of hydrogen-bond acceptors (Lipinski definition) is 4. The fourth-order valence-corrected chi connectivity index (χ4v) is 2.91. The molecule has 5 heteroatoms. The summed E-state index contributed by atoms with van der Waals surface area (Å²) >= 11 is 0. The molecule has 0 radical (unpaired) electrons. The molecule has 0 aromatic heterocycles. The normalized spacial score (nSPS) is 26.6. The van der Waals surface area contributed by atoms with Gasteiger partial charge in [0.2, 0.25) is 5.91 Å². The van der Waals surface area contributed by atoms with Gasteiger partial charge in [0, 0.05) is 45.2 Å². The molecule has 2 unspecified atom stereocenters. The van der Waals surface area contributed by atoms with Gasteiger partial charge < -0.3 is 15.4 Å². The quantitative estimate of drug-likeness (QED) is 0.779. The summed E-state index contributed by atoms with van der Waals surface area (Å²) in [5.74, 6) is 0.330. The van der Waals surface area contributed by atoms with Crippen LogP contribution < -0.4 is 5.73 Å². The molecule has 2 heterocycles. The van der Waals surface area contributed by atoms with Gasteiger partial charge in [-0.2, -0.15) is 0 Å². The van der Waals surface area contributed by atoms with E-state index in [1.165, 1.54) is 12.8 Å². The van der Waals surface area contributed by atoms with Gasteiger partial charge in [0.25, 0.3) is 0 Å². The zero-order valence-electron chi connectivity index (χ0n) is 12.0. The molecule has 110 valence electrons. The van der Waals surface area contributed by atoms with E-state index in [-0.39, 0.29) is 11.8 Å². The van der Waals surface area contributed by atoms with Crippen LogP contribution in [0.2, 0.25) is 0 Å². The second-order valence-corrected chi connectivity index (χ2v) is 5.74. The summed E-state index contributed by atoms with van der Waals surface area (Å²) in [6.07, 6.45) is 3.58. The van der Waals surface area contributed by atoms with Gasteiger partial charge in [0.05, 0.1) is 6.10 Å². The highest BCUT2D eigenvalue weighted by Crippen LogP contribution is 2.15. The van der Waals surface area contributed by atoms with Crippen molar-refractivity contribution in [2.45, 2.75) is 32.3 Å². The third kappa shape index (κ3) is 4.16. The van der Waals surface area contributed by atoms with Gasteiger partial charge in [-0.25, -0.2) is 0 Å². The maximum absolute atomic E-state index is 12.2. The molecule has 2 atom stereocenters. The third-order valence-corrected chi connectivity index (χ3v) is 4.19. The highest BCUT2D eigenvalue weighted by Gasteiger charge is 2.26. The second kappa shape index (κ2) is 7.22. The van der Waals surface area contributed by atoms with Crippen molar-refractivity contribution in [1.29, 1.82) is 0 Å². The van der Waals surface area contributed by atoms with Gasteiger partial charge in [-0.3, -0.25) is 9.69 Å². The highest BCUT2D eigenvalue weighted by atomic mass is 16.5. The lowest BCUT2D eigenvalue weighted by molar-refractivity contribution is -0.137. The van der Waals surface area contributed by atoms with Crippen LogP contribution in [-0.2, 0) is 9.53 Å². The molecule has 2 saturated heterocycles. The van der Waals surface area contributed by atoms with E-state index in [9.17, 15) is 4.79 Å². The fraction of sp³-hybridized carbons (Fsp3) is 0.929. The molecule has 2 aliphatic heterocycles. The van der Waals surface area contributed by atoms with Gasteiger partial charge in [-0.15, -0.1) is 0 Å². The molecule has 0 spiro atoms. The van der Waals surface area contributed by atoms with Crippen LogP contribution in [0.1, 0.15) is 26.2 Å². The fourth-order valence-electron chi connectivity index (χ4n) is 2.91. The van der Waals surface area contributed by atoms with Crippen molar-refractivity contribution in [2.24, 2.45) is 11.7 Å². The first-order valence-corrected chi connectivity index (χ1v) is 7.53. The Kier molecular flexibility index (Phi) is 5.60. The number of carbonyl (C=O) groups excluding carboxylic acids is 1. The van der Waals surface area contributed by atoms with Crippen LogP contribution in [0.15, 0.2) is 0 Å². The first-order chi connectivity index (χ1) is 9.20. The van der Waals surface area contributed by atoms with Gasteiger partial charge >= 0.3 is 0 Å². The first kappa shape index (κ1) is 14.8. The number of carbonyl (C=O) groups is 1. The number of rotatable bonds is 5. The smallest absolute Gasteiger partial charge is 0.225 e. The van der Waals surface area contributed by atoms with E-state index in [0.29, 0.717) is 12.6 Å². The lowest BCUT2D eigenvalue weighted by atomic mass is 10.1. The highest BCUT2D eigenvalue weighted by molar-refractivity contribution is 5.78. The Balaban J connectivity index is 1.70. The number of hydrogen-bond donors (Lipinski definition) is 1. The molecular formula is C14H27N3O2. The van der Waals surface area contributed by atoms with Crippen molar-refractivity contribution in [3.05, 3.63) is 0 Å². The Morgan fingerprint density at radius 3 is 2.68 bits per heavy atom. The van der Waals surface area contributed by atoms with Crippen LogP contribution in [-0.4, -0.2) is 67.7 Å². The van der Waals surface area contributed by atoms with E-state index >= 15 is 0 Å². The van der Waals surface area contributed by atoms with E-state index in [0.717, 1.165) is 45.8 Å². The van der Waals surface area contributed by atoms with Crippen LogP contribution in [0.25, 0.3) is 0 Å². The molecule has 0 aromatic rings. The third-order valence-electron chi connectivity index (χ3n) is 4.19. The molecule has 0 aromatic carbocycles. The minimum atomic E-state index is 0.0646. The molecule has 2 N–H and O–H groups in total. The van der Waals surface area contributed by atoms with E-state index in [2.05, 4.69) is 4.90 Å². The average molecular weight is 269 g/mol. The number of amides is 1. The van der Waals surface area contributed by atoms with Crippen LogP contribution in [0.5, 0.6) is 0 Å². The van der Waals surface area contributed by atoms with Crippen molar-refractivity contribution in [3.63, 3.8) is 0 Å². The predicted molar refractivity (Wildman–Crippen MR) is 74.8 cm³/mol.